The maximum Gasteiger partial charge on any atom is 0.135 e. The number of furan rings is 1. The molecule has 0 fully saturated rings. The van der Waals surface area contributed by atoms with Crippen LogP contribution in [-0.2, 0) is 0 Å². The van der Waals surface area contributed by atoms with E-state index in [9.17, 15) is 0 Å². The predicted molar refractivity (Wildman–Crippen MR) is 101 cm³/mol. The van der Waals surface area contributed by atoms with Gasteiger partial charge in [0.15, 0.2) is 0 Å². The summed E-state index contributed by atoms with van der Waals surface area (Å²) in [6.07, 6.45) is 0. The van der Waals surface area contributed by atoms with Crippen molar-refractivity contribution in [3.05, 3.63) is 84.4 Å². The Morgan fingerprint density at radius 3 is 2.38 bits per heavy atom. The highest BCUT2D eigenvalue weighted by Crippen LogP contribution is 2.36. The highest BCUT2D eigenvalue weighted by molar-refractivity contribution is 6.08. The molecule has 1 heteroatoms. The lowest BCUT2D eigenvalue weighted by molar-refractivity contribution is 0.669. The van der Waals surface area contributed by atoms with Crippen LogP contribution in [-0.4, -0.2) is 0 Å². The van der Waals surface area contributed by atoms with Crippen LogP contribution in [0.25, 0.3) is 43.8 Å². The Hall–Kier alpha value is -3.06. The van der Waals surface area contributed by atoms with Crippen LogP contribution in [0, 0.1) is 6.92 Å². The third-order valence-electron chi connectivity index (χ3n) is 4.86. The molecule has 4 aromatic carbocycles. The average Bonchev–Trinajstić information content (AvgIpc) is 3.01. The molecule has 5 aromatic rings. The quantitative estimate of drug-likeness (QED) is 0.335. The van der Waals surface area contributed by atoms with Crippen molar-refractivity contribution < 1.29 is 4.42 Å². The largest absolute Gasteiger partial charge is 0.456 e. The third kappa shape index (κ3) is 1.88. The van der Waals surface area contributed by atoms with Crippen molar-refractivity contribution in [3.8, 4) is 11.1 Å². The normalized spacial score (nSPS) is 11.5. The Balaban J connectivity index is 1.82. The standard InChI is InChI=1S/C23H16O/c1-15-19(18-11-10-16-6-2-3-7-17(16)14-18)12-13-22-23(15)20-8-4-5-9-21(20)24-22/h2-14H,1H3. The zero-order valence-electron chi connectivity index (χ0n) is 13.4. The van der Waals surface area contributed by atoms with Crippen LogP contribution < -0.4 is 0 Å². The monoisotopic (exact) mass is 308 g/mol. The number of benzene rings is 4. The Morgan fingerprint density at radius 2 is 1.46 bits per heavy atom. The Kier molecular flexibility index (Phi) is 2.77. The van der Waals surface area contributed by atoms with Gasteiger partial charge in [-0.2, -0.15) is 0 Å². The van der Waals surface area contributed by atoms with Gasteiger partial charge in [0, 0.05) is 10.8 Å². The van der Waals surface area contributed by atoms with Crippen molar-refractivity contribution in [1.29, 1.82) is 0 Å². The molecule has 0 aliphatic heterocycles. The van der Waals surface area contributed by atoms with Crippen molar-refractivity contribution in [1.82, 2.24) is 0 Å². The van der Waals surface area contributed by atoms with E-state index in [-0.39, 0.29) is 0 Å². The van der Waals surface area contributed by atoms with Gasteiger partial charge < -0.3 is 4.42 Å². The van der Waals surface area contributed by atoms with E-state index < -0.39 is 0 Å². The van der Waals surface area contributed by atoms with Gasteiger partial charge in [0.25, 0.3) is 0 Å². The smallest absolute Gasteiger partial charge is 0.135 e. The fraction of sp³-hybridized carbons (Fsp3) is 0.0435. The predicted octanol–water partition coefficient (Wildman–Crippen LogP) is 6.71. The SMILES string of the molecule is Cc1c(-c2ccc3ccccc3c2)ccc2oc3ccccc3c12. The first-order valence-corrected chi connectivity index (χ1v) is 8.21. The third-order valence-corrected chi connectivity index (χ3v) is 4.86. The summed E-state index contributed by atoms with van der Waals surface area (Å²) in [6, 6.07) is 27.7. The highest BCUT2D eigenvalue weighted by atomic mass is 16.3. The van der Waals surface area contributed by atoms with Crippen LogP contribution >= 0.6 is 0 Å². The van der Waals surface area contributed by atoms with E-state index in [2.05, 4.69) is 73.7 Å². The molecule has 0 spiro atoms. The second-order valence-corrected chi connectivity index (χ2v) is 6.27. The highest BCUT2D eigenvalue weighted by Gasteiger charge is 2.12. The first-order valence-electron chi connectivity index (χ1n) is 8.21. The molecule has 1 aromatic heterocycles. The molecule has 0 unspecified atom stereocenters. The van der Waals surface area contributed by atoms with Gasteiger partial charge in [-0.1, -0.05) is 60.7 Å². The fourth-order valence-corrected chi connectivity index (χ4v) is 3.66. The first kappa shape index (κ1) is 13.4. The van der Waals surface area contributed by atoms with Crippen LogP contribution in [0.1, 0.15) is 5.56 Å². The van der Waals surface area contributed by atoms with Crippen molar-refractivity contribution in [2.75, 3.05) is 0 Å². The van der Waals surface area contributed by atoms with Crippen molar-refractivity contribution in [2.24, 2.45) is 0 Å². The summed E-state index contributed by atoms with van der Waals surface area (Å²) in [5.41, 5.74) is 5.69. The molecular weight excluding hydrogens is 292 g/mol. The van der Waals surface area contributed by atoms with Gasteiger partial charge in [-0.25, -0.2) is 0 Å². The van der Waals surface area contributed by atoms with Gasteiger partial charge in [0.1, 0.15) is 11.2 Å². The number of hydrogen-bond acceptors (Lipinski definition) is 1. The zero-order valence-corrected chi connectivity index (χ0v) is 13.4. The van der Waals surface area contributed by atoms with Gasteiger partial charge in [0.05, 0.1) is 0 Å². The van der Waals surface area contributed by atoms with E-state index in [1.165, 1.54) is 38.2 Å². The fourth-order valence-electron chi connectivity index (χ4n) is 3.66. The molecule has 1 heterocycles. The van der Waals surface area contributed by atoms with Crippen LogP contribution in [0.2, 0.25) is 0 Å². The maximum atomic E-state index is 5.99. The number of fused-ring (bicyclic) bond motifs is 4. The molecule has 0 atom stereocenters. The number of rotatable bonds is 1. The maximum absolute atomic E-state index is 5.99. The molecule has 1 nitrogen and oxygen atoms in total. The molecule has 0 bridgehead atoms. The lowest BCUT2D eigenvalue weighted by Gasteiger charge is -2.09. The van der Waals surface area contributed by atoms with E-state index >= 15 is 0 Å². The molecule has 0 amide bonds. The molecule has 0 N–H and O–H groups in total. The average molecular weight is 308 g/mol. The Bertz CT molecular complexity index is 1210. The van der Waals surface area contributed by atoms with Gasteiger partial charge in [-0.3, -0.25) is 0 Å². The zero-order chi connectivity index (χ0) is 16.1. The lowest BCUT2D eigenvalue weighted by atomic mass is 9.95. The lowest BCUT2D eigenvalue weighted by Crippen LogP contribution is -1.85. The summed E-state index contributed by atoms with van der Waals surface area (Å²) < 4.78 is 5.99. The summed E-state index contributed by atoms with van der Waals surface area (Å²) in [4.78, 5) is 0. The van der Waals surface area contributed by atoms with Crippen molar-refractivity contribution >= 4 is 32.7 Å². The van der Waals surface area contributed by atoms with E-state index in [0.717, 1.165) is 11.2 Å². The van der Waals surface area contributed by atoms with E-state index in [1.54, 1.807) is 0 Å². The summed E-state index contributed by atoms with van der Waals surface area (Å²) in [7, 11) is 0. The molecule has 0 radical (unpaired) electrons. The first-order chi connectivity index (χ1) is 11.8. The summed E-state index contributed by atoms with van der Waals surface area (Å²) in [6.45, 7) is 2.19. The van der Waals surface area contributed by atoms with Crippen LogP contribution in [0.15, 0.2) is 83.3 Å². The van der Waals surface area contributed by atoms with E-state index in [4.69, 9.17) is 4.42 Å². The van der Waals surface area contributed by atoms with Crippen molar-refractivity contribution in [3.63, 3.8) is 0 Å². The number of aryl methyl sites for hydroxylation is 1. The van der Waals surface area contributed by atoms with Crippen LogP contribution in [0.5, 0.6) is 0 Å². The molecule has 0 aliphatic carbocycles. The van der Waals surface area contributed by atoms with Gasteiger partial charge >= 0.3 is 0 Å². The molecular formula is C23H16O. The Labute approximate surface area is 140 Å². The second kappa shape index (κ2) is 4.97. The molecule has 5 rings (SSSR count). The second-order valence-electron chi connectivity index (χ2n) is 6.27. The minimum absolute atomic E-state index is 0.950. The summed E-state index contributed by atoms with van der Waals surface area (Å²) in [5.74, 6) is 0. The minimum Gasteiger partial charge on any atom is -0.456 e. The molecule has 24 heavy (non-hydrogen) atoms. The Morgan fingerprint density at radius 1 is 0.667 bits per heavy atom. The summed E-state index contributed by atoms with van der Waals surface area (Å²) >= 11 is 0. The van der Waals surface area contributed by atoms with Crippen molar-refractivity contribution in [2.45, 2.75) is 6.92 Å². The molecule has 0 saturated carbocycles. The minimum atomic E-state index is 0.950. The van der Waals surface area contributed by atoms with Crippen LogP contribution in [0.4, 0.5) is 0 Å². The number of para-hydroxylation sites is 1. The van der Waals surface area contributed by atoms with E-state index in [0.29, 0.717) is 0 Å². The van der Waals surface area contributed by atoms with Gasteiger partial charge in [-0.05, 0) is 52.6 Å². The van der Waals surface area contributed by atoms with Gasteiger partial charge in [-0.15, -0.1) is 0 Å². The molecule has 114 valence electrons. The number of hydrogen-bond donors (Lipinski definition) is 0. The molecule has 0 saturated heterocycles. The van der Waals surface area contributed by atoms with Crippen LogP contribution in [0.3, 0.4) is 0 Å². The van der Waals surface area contributed by atoms with E-state index in [1.807, 2.05) is 12.1 Å². The topological polar surface area (TPSA) is 13.1 Å². The van der Waals surface area contributed by atoms with Gasteiger partial charge in [0.2, 0.25) is 0 Å². The summed E-state index contributed by atoms with van der Waals surface area (Å²) in [5, 5.41) is 4.95. The molecule has 0 aliphatic rings.